The number of carboxylic acids is 4. The Bertz CT molecular complexity index is 3890. The van der Waals surface area contributed by atoms with Crippen molar-refractivity contribution in [2.45, 2.75) is 195 Å². The molecule has 3 aliphatic heterocycles. The summed E-state index contributed by atoms with van der Waals surface area (Å²) in [6.07, 6.45) is 0.915. The molecule has 5 rings (SSSR count). The van der Waals surface area contributed by atoms with Gasteiger partial charge in [0.1, 0.15) is 42.3 Å². The van der Waals surface area contributed by atoms with Gasteiger partial charge in [0.25, 0.3) is 0 Å². The van der Waals surface area contributed by atoms with E-state index in [9.17, 15) is 102 Å². The first-order valence-electron chi connectivity index (χ1n) is 43.4. The van der Waals surface area contributed by atoms with Crippen molar-refractivity contribution in [1.82, 2.24) is 77.3 Å². The number of amides is 13. The minimum absolute atomic E-state index is 0.0168. The molecule has 42 nitrogen and oxygen atoms in total. The van der Waals surface area contributed by atoms with Gasteiger partial charge < -0.3 is 109 Å². The van der Waals surface area contributed by atoms with Gasteiger partial charge in [-0.25, -0.2) is 0 Å². The standard InChI is InChI=1S/C84H131N17O25S2/c1-4-5-18-62(92-70(106)24-23-69(105)87-25-12-37-124-39-41-126-42-40-125-38-13-26-88-72(108)47-96-29-31-97(48-74(111)112)33-35-99(50-76(115)116)36-34-98(32-30-96)49-75(113)114)79(118)94-65(83(122)101-28-11-20-67(101)84(123)100-27-10-19-66(100)81(120)95-77(57(3)103)82(121)90-56(2)21-22-68(85)104)54-128-52-60-17-9-16-59(43-60)51-127-53-61(45-71(107)93-63(78(86)117)46-73(109)110)91-80(119)64(89-55-102)44-58-14-7-6-8-15-58/h6-9,14-17,43,55-57,61-67,77,103H,4-5,10-13,18-42,44-54H2,1-3H3,(H2,85,104)(H2,86,117)(H,87,105)(H,88,108)(H,89,102)(H,90,121)(H,91,119)(H,92,106)(H,93,107)(H,94,118)(H,95,120)(H,109,110)(H,111,112)(H,113,114)(H,115,116)/t56-,57-,61-,62+,63+,64+,65+,66+,67+,77+/m1/s1. The molecule has 3 heterocycles. The summed E-state index contributed by atoms with van der Waals surface area (Å²) in [7, 11) is 0. The van der Waals surface area contributed by atoms with Gasteiger partial charge in [0, 0.05) is 159 Å². The predicted octanol–water partition coefficient (Wildman–Crippen LogP) is -3.07. The molecule has 3 saturated heterocycles. The fourth-order valence-corrected chi connectivity index (χ4v) is 16.4. The number of aliphatic hydroxyl groups excluding tert-OH is 1. The Morgan fingerprint density at radius 3 is 1.53 bits per heavy atom. The van der Waals surface area contributed by atoms with Gasteiger partial charge in [-0.3, -0.25) is 101 Å². The van der Waals surface area contributed by atoms with Crippen molar-refractivity contribution in [3.63, 3.8) is 0 Å². The van der Waals surface area contributed by atoms with Crippen LogP contribution in [0.5, 0.6) is 0 Å². The number of hydrogen-bond donors (Lipinski definition) is 16. The molecule has 0 radical (unpaired) electrons. The third-order valence-corrected chi connectivity index (χ3v) is 23.4. The zero-order valence-electron chi connectivity index (χ0n) is 73.3. The lowest BCUT2D eigenvalue weighted by molar-refractivity contribution is -0.148. The molecule has 18 N–H and O–H groups in total. The maximum Gasteiger partial charge on any atom is 0.317 e. The van der Waals surface area contributed by atoms with E-state index in [0.29, 0.717) is 76.9 Å². The van der Waals surface area contributed by atoms with Crippen LogP contribution in [0.2, 0.25) is 0 Å². The highest BCUT2D eigenvalue weighted by Crippen LogP contribution is 2.28. The van der Waals surface area contributed by atoms with Gasteiger partial charge in [-0.1, -0.05) is 74.4 Å². The van der Waals surface area contributed by atoms with Crippen molar-refractivity contribution in [1.29, 1.82) is 0 Å². The average Bonchev–Trinajstić information content (AvgIpc) is 1.63. The van der Waals surface area contributed by atoms with E-state index in [1.807, 2.05) is 30.0 Å². The summed E-state index contributed by atoms with van der Waals surface area (Å²) in [4.78, 5) is 230. The van der Waals surface area contributed by atoms with Crippen LogP contribution in [0.4, 0.5) is 0 Å². The van der Waals surface area contributed by atoms with Crippen molar-refractivity contribution in [2.75, 3.05) is 156 Å². The van der Waals surface area contributed by atoms with E-state index in [2.05, 4.69) is 47.9 Å². The van der Waals surface area contributed by atoms with E-state index in [4.69, 9.17) is 25.7 Å². The molecule has 2 aromatic carbocycles. The molecular weight excluding hydrogens is 1710 g/mol. The van der Waals surface area contributed by atoms with Crippen LogP contribution in [-0.2, 0) is 114 Å². The molecule has 13 amide bonds. The maximum atomic E-state index is 15.2. The summed E-state index contributed by atoms with van der Waals surface area (Å²) in [5.41, 5.74) is 13.0. The van der Waals surface area contributed by atoms with E-state index in [0.717, 1.165) is 16.7 Å². The zero-order valence-corrected chi connectivity index (χ0v) is 74.9. The van der Waals surface area contributed by atoms with Crippen molar-refractivity contribution < 1.29 is 121 Å². The fourth-order valence-electron chi connectivity index (χ4n) is 14.4. The molecular formula is C84H131N17O25S2. The van der Waals surface area contributed by atoms with Gasteiger partial charge in [-0.15, -0.1) is 0 Å². The molecule has 0 saturated carbocycles. The third-order valence-electron chi connectivity index (χ3n) is 21.2. The number of thioether (sulfide) groups is 2. The fraction of sp³-hybridized carbons (Fsp3) is 0.655. The van der Waals surface area contributed by atoms with Crippen molar-refractivity contribution >= 4 is 125 Å². The SMILES string of the molecule is CCCC[C@H](NC(=O)CCC(=O)NCCCOCCOCCOCCCNC(=O)CN1CCN(CC(=O)O)CCN(CC(=O)O)CCN(CC(=O)O)CC1)C(=O)N[C@@H](CSCc1cccc(CSC[C@@H](CC(=O)N[C@@H](CC(=O)O)C(N)=O)NC(=O)[C@H](Cc2ccccc2)NC=O)c1)C(=O)N1CCC[C@H]1C(=O)N1CCC[C@H]1C(=O)N[C@H](C(=O)N[C@H](C)CCC(N)=O)[C@@H](C)O. The van der Waals surface area contributed by atoms with Crippen LogP contribution in [0.3, 0.4) is 0 Å². The van der Waals surface area contributed by atoms with Gasteiger partial charge in [-0.2, -0.15) is 23.5 Å². The molecule has 0 spiro atoms. The summed E-state index contributed by atoms with van der Waals surface area (Å²) >= 11 is 2.61. The smallest absolute Gasteiger partial charge is 0.317 e. The number of carboxylic acid groups (broad SMARTS) is 4. The summed E-state index contributed by atoms with van der Waals surface area (Å²) < 4.78 is 16.9. The van der Waals surface area contributed by atoms with E-state index in [1.54, 1.807) is 58.0 Å². The molecule has 44 heteroatoms. The Kier molecular flexibility index (Phi) is 51.3. The molecule has 128 heavy (non-hydrogen) atoms. The number of primary amides is 2. The van der Waals surface area contributed by atoms with Gasteiger partial charge >= 0.3 is 23.9 Å². The summed E-state index contributed by atoms with van der Waals surface area (Å²) in [5.74, 6) is -11.6. The highest BCUT2D eigenvalue weighted by Gasteiger charge is 2.45. The number of unbranched alkanes of at least 4 members (excludes halogenated alkanes) is 1. The topological polar surface area (TPSA) is 599 Å². The molecule has 3 aliphatic rings. The summed E-state index contributed by atoms with van der Waals surface area (Å²) in [5, 5.41) is 72.8. The van der Waals surface area contributed by atoms with E-state index in [1.165, 1.54) is 40.2 Å². The minimum Gasteiger partial charge on any atom is -0.481 e. The Morgan fingerprint density at radius 2 is 1.00 bits per heavy atom. The Labute approximate surface area is 753 Å². The van der Waals surface area contributed by atoms with Crippen LogP contribution in [0.15, 0.2) is 54.6 Å². The van der Waals surface area contributed by atoms with Crippen LogP contribution < -0.4 is 59.3 Å². The van der Waals surface area contributed by atoms with Crippen LogP contribution >= 0.6 is 23.5 Å². The van der Waals surface area contributed by atoms with Crippen LogP contribution in [0.1, 0.15) is 134 Å². The third kappa shape index (κ3) is 43.7. The number of carbonyl (C=O) groups excluding carboxylic acids is 13. The minimum atomic E-state index is -1.54. The van der Waals surface area contributed by atoms with Gasteiger partial charge in [0.15, 0.2) is 0 Å². The second-order valence-corrected chi connectivity index (χ2v) is 33.8. The zero-order chi connectivity index (χ0) is 93.9. The van der Waals surface area contributed by atoms with Gasteiger partial charge in [0.2, 0.25) is 77.3 Å². The first-order chi connectivity index (χ1) is 61.2. The number of aliphatic carboxylic acids is 4. The van der Waals surface area contributed by atoms with Crippen LogP contribution in [-0.4, -0.2) is 372 Å². The largest absolute Gasteiger partial charge is 0.481 e. The Morgan fingerprint density at radius 1 is 0.492 bits per heavy atom. The van der Waals surface area contributed by atoms with E-state index < -0.39 is 162 Å². The number of nitrogens with one attached hydrogen (secondary N) is 9. The molecule has 0 bridgehead atoms. The lowest BCUT2D eigenvalue weighted by Crippen LogP contribution is -2.60. The number of nitrogens with two attached hydrogens (primary N) is 2. The number of ether oxygens (including phenoxy) is 3. The first kappa shape index (κ1) is 108. The number of carbonyl (C=O) groups is 17. The van der Waals surface area contributed by atoms with E-state index in [-0.39, 0.29) is 193 Å². The first-order valence-corrected chi connectivity index (χ1v) is 45.7. The number of aliphatic hydroxyl groups is 1. The highest BCUT2D eigenvalue weighted by atomic mass is 32.2. The Balaban J connectivity index is 1.15. The molecule has 0 unspecified atom stereocenters. The quantitative estimate of drug-likeness (QED) is 0.0231. The van der Waals surface area contributed by atoms with Crippen molar-refractivity contribution in [2.24, 2.45) is 11.5 Å². The number of hydrogen-bond acceptors (Lipinski definition) is 27. The second kappa shape index (κ2) is 60.6. The maximum absolute atomic E-state index is 15.2. The predicted molar refractivity (Wildman–Crippen MR) is 470 cm³/mol. The lowest BCUT2D eigenvalue weighted by atomic mass is 10.0. The van der Waals surface area contributed by atoms with Crippen molar-refractivity contribution in [3.8, 4) is 0 Å². The molecule has 3 fully saturated rings. The number of benzene rings is 2. The second-order valence-electron chi connectivity index (χ2n) is 31.8. The number of rotatable bonds is 61. The van der Waals surface area contributed by atoms with Gasteiger partial charge in [-0.05, 0) is 81.9 Å². The summed E-state index contributed by atoms with van der Waals surface area (Å²) in [6.45, 7) is 8.59. The molecule has 2 aromatic rings. The molecule has 0 aromatic heterocycles. The molecule has 10 atom stereocenters. The number of likely N-dealkylation sites (tertiary alicyclic amines) is 2. The van der Waals surface area contributed by atoms with Crippen LogP contribution in [0.25, 0.3) is 0 Å². The van der Waals surface area contributed by atoms with Crippen LogP contribution in [0, 0.1) is 0 Å². The lowest BCUT2D eigenvalue weighted by Gasteiger charge is -2.34. The molecule has 714 valence electrons. The van der Waals surface area contributed by atoms with Crippen molar-refractivity contribution in [3.05, 3.63) is 71.3 Å². The molecule has 0 aliphatic carbocycles. The highest BCUT2D eigenvalue weighted by molar-refractivity contribution is 7.98. The summed E-state index contributed by atoms with van der Waals surface area (Å²) in [6, 6.07) is 6.13. The normalized spacial score (nSPS) is 17.3. The Hall–Kier alpha value is -10.2. The van der Waals surface area contributed by atoms with E-state index >= 15 is 4.79 Å². The number of nitrogens with zero attached hydrogens (tertiary/aromatic N) is 6. The monoisotopic (exact) mass is 1840 g/mol. The van der Waals surface area contributed by atoms with Gasteiger partial charge in [0.05, 0.1) is 65.1 Å². The average molecular weight is 1840 g/mol.